The van der Waals surface area contributed by atoms with Crippen molar-refractivity contribution in [3.8, 4) is 0 Å². The van der Waals surface area contributed by atoms with Crippen molar-refractivity contribution >= 4 is 17.7 Å². The first-order valence-corrected chi connectivity index (χ1v) is 7.64. The van der Waals surface area contributed by atoms with Gasteiger partial charge in [0.15, 0.2) is 0 Å². The van der Waals surface area contributed by atoms with Crippen LogP contribution in [0.2, 0.25) is 0 Å². The second-order valence-electron chi connectivity index (χ2n) is 5.44. The number of carbonyl (C=O) groups is 1. The average molecular weight is 279 g/mol. The van der Waals surface area contributed by atoms with E-state index in [9.17, 15) is 9.90 Å². The van der Waals surface area contributed by atoms with Gasteiger partial charge in [0.25, 0.3) is 0 Å². The lowest BCUT2D eigenvalue weighted by molar-refractivity contribution is -0.121. The number of rotatable bonds is 5. The van der Waals surface area contributed by atoms with Gasteiger partial charge in [0.1, 0.15) is 0 Å². The van der Waals surface area contributed by atoms with Crippen molar-refractivity contribution in [2.45, 2.75) is 42.9 Å². The molecule has 1 aromatic carbocycles. The molecule has 1 heterocycles. The van der Waals surface area contributed by atoms with Crippen molar-refractivity contribution in [3.63, 3.8) is 0 Å². The molecule has 1 aliphatic rings. The zero-order chi connectivity index (χ0) is 13.8. The molecule has 2 rings (SSSR count). The first-order chi connectivity index (χ1) is 9.10. The van der Waals surface area contributed by atoms with E-state index in [4.69, 9.17) is 0 Å². The van der Waals surface area contributed by atoms with Gasteiger partial charge in [0.05, 0.1) is 17.9 Å². The minimum absolute atomic E-state index is 0.00819. The van der Waals surface area contributed by atoms with Crippen molar-refractivity contribution in [1.29, 1.82) is 0 Å². The minimum Gasteiger partial charge on any atom is -0.394 e. The highest BCUT2D eigenvalue weighted by molar-refractivity contribution is 8.01. The summed E-state index contributed by atoms with van der Waals surface area (Å²) in [7, 11) is 0. The van der Waals surface area contributed by atoms with E-state index in [1.165, 1.54) is 10.5 Å². The maximum Gasteiger partial charge on any atom is 0.234 e. The fourth-order valence-electron chi connectivity index (χ4n) is 2.37. The molecule has 3 nitrogen and oxygen atoms in total. The normalized spacial score (nSPS) is 19.3. The van der Waals surface area contributed by atoms with E-state index < -0.39 is 0 Å². The highest BCUT2D eigenvalue weighted by Gasteiger charge is 2.29. The fourth-order valence-corrected chi connectivity index (χ4v) is 3.57. The van der Waals surface area contributed by atoms with E-state index in [2.05, 4.69) is 31.3 Å². The van der Waals surface area contributed by atoms with Gasteiger partial charge in [-0.3, -0.25) is 4.79 Å². The van der Waals surface area contributed by atoms with Gasteiger partial charge in [0, 0.05) is 4.90 Å². The molecule has 2 unspecified atom stereocenters. The second-order valence-corrected chi connectivity index (χ2v) is 6.68. The maximum atomic E-state index is 12.2. The third kappa shape index (κ3) is 3.74. The van der Waals surface area contributed by atoms with Crippen molar-refractivity contribution in [1.82, 2.24) is 5.32 Å². The first kappa shape index (κ1) is 14.4. The van der Waals surface area contributed by atoms with Crippen molar-refractivity contribution in [3.05, 3.63) is 29.8 Å². The van der Waals surface area contributed by atoms with Crippen molar-refractivity contribution in [2.24, 2.45) is 5.92 Å². The van der Waals surface area contributed by atoms with Crippen LogP contribution >= 0.6 is 11.8 Å². The van der Waals surface area contributed by atoms with Crippen LogP contribution in [0.15, 0.2) is 29.2 Å². The molecule has 1 amide bonds. The molecule has 1 aliphatic heterocycles. The standard InChI is InChI=1S/C15H21NO2S/c1-10(2)7-12(9-17)16-15(18)14-8-11-5-3-4-6-13(11)19-14/h3-6,10,12,14,17H,7-9H2,1-2H3,(H,16,18). The quantitative estimate of drug-likeness (QED) is 0.869. The summed E-state index contributed by atoms with van der Waals surface area (Å²) in [6.07, 6.45) is 1.60. The van der Waals surface area contributed by atoms with Gasteiger partial charge in [-0.1, -0.05) is 32.0 Å². The van der Waals surface area contributed by atoms with E-state index in [1.807, 2.05) is 12.1 Å². The smallest absolute Gasteiger partial charge is 0.234 e. The van der Waals surface area contributed by atoms with Gasteiger partial charge in [-0.15, -0.1) is 11.8 Å². The zero-order valence-electron chi connectivity index (χ0n) is 11.4. The summed E-state index contributed by atoms with van der Waals surface area (Å²) >= 11 is 1.62. The van der Waals surface area contributed by atoms with Crippen LogP contribution in [0.4, 0.5) is 0 Å². The number of fused-ring (bicyclic) bond motifs is 1. The summed E-state index contributed by atoms with van der Waals surface area (Å²) < 4.78 is 0. The summed E-state index contributed by atoms with van der Waals surface area (Å²) in [5, 5.41) is 12.2. The van der Waals surface area contributed by atoms with E-state index >= 15 is 0 Å². The molecule has 19 heavy (non-hydrogen) atoms. The largest absolute Gasteiger partial charge is 0.394 e. The van der Waals surface area contributed by atoms with Crippen LogP contribution in [0.25, 0.3) is 0 Å². The second kappa shape index (κ2) is 6.44. The molecule has 0 aromatic heterocycles. The molecule has 0 fully saturated rings. The Morgan fingerprint density at radius 1 is 1.47 bits per heavy atom. The lowest BCUT2D eigenvalue weighted by Crippen LogP contribution is -2.42. The van der Waals surface area contributed by atoms with Crippen molar-refractivity contribution < 1.29 is 9.90 Å². The van der Waals surface area contributed by atoms with Crippen LogP contribution in [-0.2, 0) is 11.2 Å². The van der Waals surface area contributed by atoms with Crippen LogP contribution in [0.5, 0.6) is 0 Å². The summed E-state index contributed by atoms with van der Waals surface area (Å²) in [4.78, 5) is 13.4. The summed E-state index contributed by atoms with van der Waals surface area (Å²) in [5.41, 5.74) is 1.25. The highest BCUT2D eigenvalue weighted by Crippen LogP contribution is 2.36. The number of hydrogen-bond donors (Lipinski definition) is 2. The molecule has 4 heteroatoms. The average Bonchev–Trinajstić information content (AvgIpc) is 2.81. The monoisotopic (exact) mass is 279 g/mol. The molecular formula is C15H21NO2S. The predicted octanol–water partition coefficient (Wildman–Crippen LogP) is 2.23. The predicted molar refractivity (Wildman–Crippen MR) is 78.3 cm³/mol. The molecular weight excluding hydrogens is 258 g/mol. The lowest BCUT2D eigenvalue weighted by Gasteiger charge is -2.20. The number of thioether (sulfide) groups is 1. The summed E-state index contributed by atoms with van der Waals surface area (Å²) in [5.74, 6) is 0.506. The Morgan fingerprint density at radius 2 is 2.21 bits per heavy atom. The van der Waals surface area contributed by atoms with Crippen LogP contribution in [-0.4, -0.2) is 28.9 Å². The number of amides is 1. The molecule has 2 N–H and O–H groups in total. The van der Waals surface area contributed by atoms with E-state index in [1.54, 1.807) is 11.8 Å². The number of aliphatic hydroxyl groups excluding tert-OH is 1. The summed E-state index contributed by atoms with van der Waals surface area (Å²) in [6, 6.07) is 8.02. The Hall–Kier alpha value is -1.00. The first-order valence-electron chi connectivity index (χ1n) is 6.76. The molecule has 0 aliphatic carbocycles. The van der Waals surface area contributed by atoms with E-state index in [-0.39, 0.29) is 23.8 Å². The van der Waals surface area contributed by atoms with Gasteiger partial charge in [0.2, 0.25) is 5.91 Å². The number of aliphatic hydroxyl groups is 1. The number of carbonyl (C=O) groups excluding carboxylic acids is 1. The Kier molecular flexibility index (Phi) is 4.88. The highest BCUT2D eigenvalue weighted by atomic mass is 32.2. The fraction of sp³-hybridized carbons (Fsp3) is 0.533. The number of benzene rings is 1. The minimum atomic E-state index is -0.128. The van der Waals surface area contributed by atoms with Crippen LogP contribution in [0.1, 0.15) is 25.8 Å². The summed E-state index contributed by atoms with van der Waals surface area (Å²) in [6.45, 7) is 4.19. The molecule has 0 saturated carbocycles. The Balaban J connectivity index is 1.92. The van der Waals surface area contributed by atoms with Gasteiger partial charge in [-0.25, -0.2) is 0 Å². The SMILES string of the molecule is CC(C)CC(CO)NC(=O)C1Cc2ccccc2S1. The molecule has 0 saturated heterocycles. The van der Waals surface area contributed by atoms with Crippen LogP contribution in [0, 0.1) is 5.92 Å². The number of nitrogens with one attached hydrogen (secondary N) is 1. The molecule has 104 valence electrons. The Bertz CT molecular complexity index is 423. The Labute approximate surface area is 118 Å². The Morgan fingerprint density at radius 3 is 2.84 bits per heavy atom. The topological polar surface area (TPSA) is 49.3 Å². The molecule has 1 aromatic rings. The number of hydrogen-bond acceptors (Lipinski definition) is 3. The molecule has 0 radical (unpaired) electrons. The molecule has 0 spiro atoms. The van der Waals surface area contributed by atoms with Gasteiger partial charge < -0.3 is 10.4 Å². The van der Waals surface area contributed by atoms with Gasteiger partial charge in [-0.2, -0.15) is 0 Å². The third-order valence-corrected chi connectivity index (χ3v) is 4.58. The van der Waals surface area contributed by atoms with Gasteiger partial charge >= 0.3 is 0 Å². The lowest BCUT2D eigenvalue weighted by atomic mass is 10.0. The third-order valence-electron chi connectivity index (χ3n) is 3.26. The molecule has 2 atom stereocenters. The van der Waals surface area contributed by atoms with Crippen LogP contribution in [0.3, 0.4) is 0 Å². The molecule has 0 bridgehead atoms. The van der Waals surface area contributed by atoms with Gasteiger partial charge in [-0.05, 0) is 30.4 Å². The van der Waals surface area contributed by atoms with E-state index in [0.29, 0.717) is 5.92 Å². The van der Waals surface area contributed by atoms with Crippen molar-refractivity contribution in [2.75, 3.05) is 6.61 Å². The zero-order valence-corrected chi connectivity index (χ0v) is 12.2. The van der Waals surface area contributed by atoms with Crippen LogP contribution < -0.4 is 5.32 Å². The van der Waals surface area contributed by atoms with E-state index in [0.717, 1.165) is 12.8 Å². The maximum absolute atomic E-state index is 12.2.